The van der Waals surface area contributed by atoms with E-state index in [9.17, 15) is 4.39 Å². The van der Waals surface area contributed by atoms with Crippen molar-refractivity contribution < 1.29 is 9.13 Å². The molecule has 0 saturated carbocycles. The third-order valence-corrected chi connectivity index (χ3v) is 1.45. The summed E-state index contributed by atoms with van der Waals surface area (Å²) in [6.07, 6.45) is 2.65. The first-order chi connectivity index (χ1) is 6.11. The minimum absolute atomic E-state index is 0.0412. The summed E-state index contributed by atoms with van der Waals surface area (Å²) in [5, 5.41) is 0. The van der Waals surface area contributed by atoms with Gasteiger partial charge in [-0.25, -0.2) is 4.39 Å². The van der Waals surface area contributed by atoms with Crippen LogP contribution < -0.4 is 4.74 Å². The Labute approximate surface area is 77.8 Å². The zero-order valence-corrected chi connectivity index (χ0v) is 7.80. The van der Waals surface area contributed by atoms with Crippen molar-refractivity contribution in [1.82, 2.24) is 0 Å². The predicted molar refractivity (Wildman–Crippen MR) is 50.1 cm³/mol. The van der Waals surface area contributed by atoms with Crippen LogP contribution in [-0.2, 0) is 0 Å². The van der Waals surface area contributed by atoms with E-state index in [0.29, 0.717) is 11.3 Å². The lowest BCUT2D eigenvalue weighted by Gasteiger charge is -2.09. The molecule has 0 atom stereocenters. The molecule has 1 aromatic carbocycles. The van der Waals surface area contributed by atoms with Gasteiger partial charge in [0.15, 0.2) is 0 Å². The monoisotopic (exact) mass is 179 g/mol. The van der Waals surface area contributed by atoms with Crippen LogP contribution >= 0.6 is 0 Å². The van der Waals surface area contributed by atoms with Gasteiger partial charge in [-0.1, -0.05) is 6.58 Å². The Hall–Kier alpha value is -1.31. The van der Waals surface area contributed by atoms with E-state index in [1.165, 1.54) is 12.1 Å². The fraction of sp³-hybridized carbons (Fsp3) is 0.273. The zero-order chi connectivity index (χ0) is 9.84. The van der Waals surface area contributed by atoms with E-state index in [1.807, 2.05) is 13.8 Å². The summed E-state index contributed by atoms with van der Waals surface area (Å²) in [7, 11) is 0. The van der Waals surface area contributed by atoms with E-state index in [0.717, 1.165) is 0 Å². The fourth-order valence-electron chi connectivity index (χ4n) is 1.00. The van der Waals surface area contributed by atoms with Gasteiger partial charge >= 0.3 is 0 Å². The lowest BCUT2D eigenvalue weighted by Crippen LogP contribution is -2.05. The number of ether oxygens (including phenoxy) is 1. The Balaban J connectivity index is 2.94. The molecule has 0 aromatic heterocycles. The molecule has 1 rings (SSSR count). The van der Waals surface area contributed by atoms with Crippen molar-refractivity contribution in [1.29, 1.82) is 0 Å². The number of hydrogen-bond acceptors (Lipinski definition) is 1. The summed E-state index contributed by atoms with van der Waals surface area (Å²) in [5.74, 6) is 0.186. The number of benzene rings is 1. The normalized spacial score (nSPS) is 10.2. The van der Waals surface area contributed by atoms with Crippen LogP contribution in [0.3, 0.4) is 0 Å². The number of halogens is 1. The standard InChI is InChI=1S/C11H12FO/c1-4-9-5-10(12)7-11(6-9)13-8(2)3/h5-8H,1H2,2-3H3. The molecule has 2 heteroatoms. The van der Waals surface area contributed by atoms with Gasteiger partial charge in [0.25, 0.3) is 0 Å². The van der Waals surface area contributed by atoms with Crippen molar-refractivity contribution in [3.05, 3.63) is 42.2 Å². The molecule has 0 aliphatic heterocycles. The third kappa shape index (κ3) is 2.90. The van der Waals surface area contributed by atoms with E-state index in [4.69, 9.17) is 4.74 Å². The number of hydrogen-bond donors (Lipinski definition) is 0. The van der Waals surface area contributed by atoms with E-state index in [2.05, 4.69) is 12.7 Å². The summed E-state index contributed by atoms with van der Waals surface area (Å²) in [6, 6.07) is 4.41. The summed E-state index contributed by atoms with van der Waals surface area (Å²) in [4.78, 5) is 0. The molecule has 0 aliphatic rings. The maximum Gasteiger partial charge on any atom is 0.127 e. The molecule has 0 amide bonds. The molecule has 0 bridgehead atoms. The molecule has 0 unspecified atom stereocenters. The summed E-state index contributed by atoms with van der Waals surface area (Å²) in [5.41, 5.74) is 0.607. The quantitative estimate of drug-likeness (QED) is 0.693. The molecule has 0 N–H and O–H groups in total. The van der Waals surface area contributed by atoms with Crippen LogP contribution in [0.15, 0.2) is 24.8 Å². The molecule has 0 spiro atoms. The molecular weight excluding hydrogens is 167 g/mol. The van der Waals surface area contributed by atoms with Crippen molar-refractivity contribution in [3.8, 4) is 5.75 Å². The largest absolute Gasteiger partial charge is 0.491 e. The topological polar surface area (TPSA) is 9.23 Å². The van der Waals surface area contributed by atoms with Crippen molar-refractivity contribution in [2.75, 3.05) is 0 Å². The van der Waals surface area contributed by atoms with Gasteiger partial charge in [0.2, 0.25) is 0 Å². The molecule has 0 aliphatic carbocycles. The smallest absolute Gasteiger partial charge is 0.127 e. The van der Waals surface area contributed by atoms with Gasteiger partial charge in [-0.3, -0.25) is 0 Å². The van der Waals surface area contributed by atoms with Crippen LogP contribution in [0.1, 0.15) is 19.4 Å². The van der Waals surface area contributed by atoms with Gasteiger partial charge in [-0.15, -0.1) is 0 Å². The first-order valence-corrected chi connectivity index (χ1v) is 4.12. The lowest BCUT2D eigenvalue weighted by molar-refractivity contribution is 0.241. The molecule has 1 nitrogen and oxygen atoms in total. The molecule has 0 saturated heterocycles. The van der Waals surface area contributed by atoms with E-state index in [-0.39, 0.29) is 11.9 Å². The van der Waals surface area contributed by atoms with Gasteiger partial charge in [-0.05, 0) is 37.6 Å². The zero-order valence-electron chi connectivity index (χ0n) is 7.80. The van der Waals surface area contributed by atoms with Crippen LogP contribution in [0.2, 0.25) is 0 Å². The Morgan fingerprint density at radius 2 is 2.08 bits per heavy atom. The first-order valence-electron chi connectivity index (χ1n) is 4.12. The van der Waals surface area contributed by atoms with E-state index < -0.39 is 0 Å². The molecular formula is C11H12FO. The lowest BCUT2D eigenvalue weighted by atomic mass is 10.2. The average molecular weight is 179 g/mol. The number of rotatable bonds is 3. The van der Waals surface area contributed by atoms with Gasteiger partial charge in [-0.2, -0.15) is 0 Å². The van der Waals surface area contributed by atoms with Crippen LogP contribution in [0.4, 0.5) is 4.39 Å². The highest BCUT2D eigenvalue weighted by molar-refractivity contribution is 5.32. The van der Waals surface area contributed by atoms with Crippen molar-refractivity contribution in [2.24, 2.45) is 0 Å². The Kier molecular flexibility index (Phi) is 3.07. The first kappa shape index (κ1) is 9.78. The van der Waals surface area contributed by atoms with Gasteiger partial charge < -0.3 is 4.74 Å². The van der Waals surface area contributed by atoms with Crippen LogP contribution in [0.5, 0.6) is 5.75 Å². The van der Waals surface area contributed by atoms with Crippen LogP contribution in [-0.4, -0.2) is 6.10 Å². The van der Waals surface area contributed by atoms with Crippen molar-refractivity contribution in [3.63, 3.8) is 0 Å². The SMILES string of the molecule is C=[C]c1cc(F)cc(OC(C)C)c1. The highest BCUT2D eigenvalue weighted by Crippen LogP contribution is 2.17. The minimum Gasteiger partial charge on any atom is -0.491 e. The molecule has 69 valence electrons. The van der Waals surface area contributed by atoms with Crippen LogP contribution in [0.25, 0.3) is 0 Å². The molecule has 0 fully saturated rings. The summed E-state index contributed by atoms with van der Waals surface area (Å²) < 4.78 is 18.2. The van der Waals surface area contributed by atoms with Crippen molar-refractivity contribution >= 4 is 0 Å². The average Bonchev–Trinajstić information content (AvgIpc) is 2.01. The molecule has 1 radical (unpaired) electrons. The maximum absolute atomic E-state index is 12.9. The second-order valence-corrected chi connectivity index (χ2v) is 3.02. The molecule has 1 aromatic rings. The van der Waals surface area contributed by atoms with Crippen molar-refractivity contribution in [2.45, 2.75) is 20.0 Å². The summed E-state index contributed by atoms with van der Waals surface area (Å²) >= 11 is 0. The highest BCUT2D eigenvalue weighted by Gasteiger charge is 2.01. The minimum atomic E-state index is -0.329. The Morgan fingerprint density at radius 1 is 1.38 bits per heavy atom. The summed E-state index contributed by atoms with van der Waals surface area (Å²) in [6.45, 7) is 7.23. The Morgan fingerprint density at radius 3 is 2.62 bits per heavy atom. The second-order valence-electron chi connectivity index (χ2n) is 3.02. The highest BCUT2D eigenvalue weighted by atomic mass is 19.1. The Bertz CT molecular complexity index is 305. The molecule has 13 heavy (non-hydrogen) atoms. The van der Waals surface area contributed by atoms with Gasteiger partial charge in [0.1, 0.15) is 11.6 Å². The maximum atomic E-state index is 12.9. The van der Waals surface area contributed by atoms with Gasteiger partial charge in [0, 0.05) is 6.07 Å². The van der Waals surface area contributed by atoms with E-state index in [1.54, 1.807) is 6.07 Å². The van der Waals surface area contributed by atoms with Crippen LogP contribution in [0, 0.1) is 11.9 Å². The van der Waals surface area contributed by atoms with E-state index >= 15 is 0 Å². The fourth-order valence-corrected chi connectivity index (χ4v) is 1.00. The second kappa shape index (κ2) is 4.08. The third-order valence-electron chi connectivity index (χ3n) is 1.45. The predicted octanol–water partition coefficient (Wildman–Crippen LogP) is 2.95. The van der Waals surface area contributed by atoms with Gasteiger partial charge in [0.05, 0.1) is 6.10 Å². The molecule has 0 heterocycles.